The Labute approximate surface area is 142 Å². The molecule has 0 aliphatic carbocycles. The fourth-order valence-corrected chi connectivity index (χ4v) is 2.87. The molecule has 0 radical (unpaired) electrons. The first-order valence-electron chi connectivity index (χ1n) is 8.26. The van der Waals surface area contributed by atoms with Gasteiger partial charge < -0.3 is 10.3 Å². The van der Waals surface area contributed by atoms with Crippen molar-refractivity contribution in [1.29, 1.82) is 0 Å². The molecule has 2 N–H and O–H groups in total. The highest BCUT2D eigenvalue weighted by molar-refractivity contribution is 5.92. The third-order valence-corrected chi connectivity index (χ3v) is 4.18. The van der Waals surface area contributed by atoms with E-state index in [9.17, 15) is 4.79 Å². The van der Waals surface area contributed by atoms with E-state index in [1.165, 1.54) is 16.5 Å². The Morgan fingerprint density at radius 2 is 2.08 bits per heavy atom. The summed E-state index contributed by atoms with van der Waals surface area (Å²) in [6.45, 7) is 8.86. The van der Waals surface area contributed by atoms with Gasteiger partial charge in [-0.25, -0.2) is 0 Å². The van der Waals surface area contributed by atoms with Crippen LogP contribution >= 0.6 is 0 Å². The molecule has 3 rings (SSSR count). The number of hydrogen-bond donors (Lipinski definition) is 2. The standard InChI is InChI=1S/C19H24N4O/c1-13-6-5-7-15-17(13)14(12-21-15)8-10-20-18(24)16-9-11-23(22-16)19(2,3)4/h5-7,9,11-12,21H,8,10H2,1-4H3,(H,20,24). The molecule has 0 aliphatic heterocycles. The minimum Gasteiger partial charge on any atom is -0.361 e. The number of hydrogen-bond acceptors (Lipinski definition) is 2. The minimum absolute atomic E-state index is 0.125. The van der Waals surface area contributed by atoms with Crippen LogP contribution in [0.4, 0.5) is 0 Å². The van der Waals surface area contributed by atoms with E-state index in [-0.39, 0.29) is 11.4 Å². The number of carbonyl (C=O) groups is 1. The van der Waals surface area contributed by atoms with E-state index in [2.05, 4.69) is 55.2 Å². The van der Waals surface area contributed by atoms with Crippen LogP contribution in [0.5, 0.6) is 0 Å². The fourth-order valence-electron chi connectivity index (χ4n) is 2.87. The van der Waals surface area contributed by atoms with Crippen molar-refractivity contribution in [3.05, 3.63) is 53.5 Å². The van der Waals surface area contributed by atoms with Gasteiger partial charge >= 0.3 is 0 Å². The van der Waals surface area contributed by atoms with Gasteiger partial charge in [-0.3, -0.25) is 9.48 Å². The van der Waals surface area contributed by atoms with Crippen LogP contribution in [0.1, 0.15) is 42.4 Å². The highest BCUT2D eigenvalue weighted by Gasteiger charge is 2.17. The lowest BCUT2D eigenvalue weighted by molar-refractivity contribution is 0.0947. The molecule has 24 heavy (non-hydrogen) atoms. The molecule has 5 nitrogen and oxygen atoms in total. The fraction of sp³-hybridized carbons (Fsp3) is 0.368. The molecule has 3 aromatic rings. The van der Waals surface area contributed by atoms with Crippen molar-refractivity contribution in [1.82, 2.24) is 20.1 Å². The molecule has 1 aromatic carbocycles. The summed E-state index contributed by atoms with van der Waals surface area (Å²) in [6.07, 6.45) is 4.66. The normalized spacial score (nSPS) is 11.8. The highest BCUT2D eigenvalue weighted by atomic mass is 16.1. The maximum Gasteiger partial charge on any atom is 0.271 e. The van der Waals surface area contributed by atoms with Crippen molar-refractivity contribution in [2.24, 2.45) is 0 Å². The molecular weight excluding hydrogens is 300 g/mol. The summed E-state index contributed by atoms with van der Waals surface area (Å²) in [4.78, 5) is 15.5. The van der Waals surface area contributed by atoms with Crippen LogP contribution < -0.4 is 5.32 Å². The summed E-state index contributed by atoms with van der Waals surface area (Å²) < 4.78 is 1.81. The molecule has 2 aromatic heterocycles. The van der Waals surface area contributed by atoms with Gasteiger partial charge in [0.2, 0.25) is 0 Å². The molecule has 0 atom stereocenters. The van der Waals surface area contributed by atoms with Crippen molar-refractivity contribution in [3.8, 4) is 0 Å². The Hall–Kier alpha value is -2.56. The number of aryl methyl sites for hydroxylation is 1. The van der Waals surface area contributed by atoms with Crippen LogP contribution in [0.15, 0.2) is 36.7 Å². The van der Waals surface area contributed by atoms with Gasteiger partial charge in [0.1, 0.15) is 5.69 Å². The molecule has 2 heterocycles. The predicted octanol–water partition coefficient (Wildman–Crippen LogP) is 3.40. The Morgan fingerprint density at radius 1 is 1.29 bits per heavy atom. The maximum absolute atomic E-state index is 12.2. The van der Waals surface area contributed by atoms with E-state index in [1.807, 2.05) is 23.1 Å². The van der Waals surface area contributed by atoms with E-state index in [1.54, 1.807) is 6.07 Å². The van der Waals surface area contributed by atoms with Gasteiger partial charge in [0.25, 0.3) is 5.91 Å². The lowest BCUT2D eigenvalue weighted by Gasteiger charge is -2.18. The van der Waals surface area contributed by atoms with Gasteiger partial charge in [0.05, 0.1) is 5.54 Å². The molecule has 0 saturated carbocycles. The molecule has 0 spiro atoms. The largest absolute Gasteiger partial charge is 0.361 e. The van der Waals surface area contributed by atoms with Gasteiger partial charge in [0.15, 0.2) is 0 Å². The maximum atomic E-state index is 12.2. The molecule has 0 unspecified atom stereocenters. The Balaban J connectivity index is 1.63. The van der Waals surface area contributed by atoms with E-state index >= 15 is 0 Å². The predicted molar refractivity (Wildman–Crippen MR) is 96.3 cm³/mol. The Morgan fingerprint density at radius 3 is 2.79 bits per heavy atom. The van der Waals surface area contributed by atoms with Crippen LogP contribution in [0.2, 0.25) is 0 Å². The van der Waals surface area contributed by atoms with Gasteiger partial charge in [0, 0.05) is 29.8 Å². The SMILES string of the molecule is Cc1cccc2[nH]cc(CCNC(=O)c3ccn(C(C)(C)C)n3)c12. The van der Waals surface area contributed by atoms with Gasteiger partial charge in [-0.15, -0.1) is 0 Å². The zero-order valence-electron chi connectivity index (χ0n) is 14.7. The first-order chi connectivity index (χ1) is 11.4. The summed E-state index contributed by atoms with van der Waals surface area (Å²) in [6, 6.07) is 7.99. The summed E-state index contributed by atoms with van der Waals surface area (Å²) in [5.41, 5.74) is 3.95. The number of nitrogens with one attached hydrogen (secondary N) is 2. The number of benzene rings is 1. The van der Waals surface area contributed by atoms with Crippen LogP contribution in [0.25, 0.3) is 10.9 Å². The molecule has 5 heteroatoms. The number of fused-ring (bicyclic) bond motifs is 1. The number of nitrogens with zero attached hydrogens (tertiary/aromatic N) is 2. The third kappa shape index (κ3) is 3.20. The van der Waals surface area contributed by atoms with E-state index in [4.69, 9.17) is 0 Å². The number of H-pyrrole nitrogens is 1. The van der Waals surface area contributed by atoms with E-state index in [0.717, 1.165) is 11.9 Å². The van der Waals surface area contributed by atoms with Crippen LogP contribution in [0, 0.1) is 6.92 Å². The second-order valence-electron chi connectivity index (χ2n) is 7.13. The average molecular weight is 324 g/mol. The first kappa shape index (κ1) is 16.3. The molecular formula is C19H24N4O. The van der Waals surface area contributed by atoms with Crippen molar-refractivity contribution in [3.63, 3.8) is 0 Å². The smallest absolute Gasteiger partial charge is 0.271 e. The lowest BCUT2D eigenvalue weighted by Crippen LogP contribution is -2.27. The number of rotatable bonds is 4. The zero-order valence-corrected chi connectivity index (χ0v) is 14.7. The topological polar surface area (TPSA) is 62.7 Å². The third-order valence-electron chi connectivity index (χ3n) is 4.18. The summed E-state index contributed by atoms with van der Waals surface area (Å²) in [5, 5.41) is 8.57. The summed E-state index contributed by atoms with van der Waals surface area (Å²) >= 11 is 0. The van der Waals surface area contributed by atoms with Crippen molar-refractivity contribution in [2.75, 3.05) is 6.54 Å². The van der Waals surface area contributed by atoms with Crippen molar-refractivity contribution in [2.45, 2.75) is 39.7 Å². The zero-order chi connectivity index (χ0) is 17.3. The minimum atomic E-state index is -0.130. The van der Waals surface area contributed by atoms with Gasteiger partial charge in [-0.2, -0.15) is 5.10 Å². The lowest BCUT2D eigenvalue weighted by atomic mass is 10.1. The monoisotopic (exact) mass is 324 g/mol. The molecule has 1 amide bonds. The number of aromatic amines is 1. The second kappa shape index (κ2) is 6.15. The van der Waals surface area contributed by atoms with Crippen LogP contribution in [-0.4, -0.2) is 27.2 Å². The number of aromatic nitrogens is 3. The molecule has 0 bridgehead atoms. The van der Waals surface area contributed by atoms with Crippen LogP contribution in [-0.2, 0) is 12.0 Å². The van der Waals surface area contributed by atoms with Crippen LogP contribution in [0.3, 0.4) is 0 Å². The number of carbonyl (C=O) groups excluding carboxylic acids is 1. The Kier molecular flexibility index (Phi) is 4.18. The molecule has 0 fully saturated rings. The van der Waals surface area contributed by atoms with Crippen molar-refractivity contribution >= 4 is 16.8 Å². The molecule has 0 aliphatic rings. The first-order valence-corrected chi connectivity index (χ1v) is 8.26. The van der Waals surface area contributed by atoms with Gasteiger partial charge in [-0.05, 0) is 57.4 Å². The van der Waals surface area contributed by atoms with E-state index in [0.29, 0.717) is 12.2 Å². The van der Waals surface area contributed by atoms with E-state index < -0.39 is 0 Å². The summed E-state index contributed by atoms with van der Waals surface area (Å²) in [7, 11) is 0. The number of amides is 1. The summed E-state index contributed by atoms with van der Waals surface area (Å²) in [5.74, 6) is -0.130. The quantitative estimate of drug-likeness (QED) is 0.772. The Bertz CT molecular complexity index is 867. The molecule has 126 valence electrons. The van der Waals surface area contributed by atoms with Gasteiger partial charge in [-0.1, -0.05) is 12.1 Å². The second-order valence-corrected chi connectivity index (χ2v) is 7.13. The van der Waals surface area contributed by atoms with Crippen molar-refractivity contribution < 1.29 is 4.79 Å². The average Bonchev–Trinajstić information content (AvgIpc) is 3.14. The highest BCUT2D eigenvalue weighted by Crippen LogP contribution is 2.22. The molecule has 0 saturated heterocycles.